The average Bonchev–Trinajstić information content (AvgIpc) is 2.83. The van der Waals surface area contributed by atoms with Crippen molar-refractivity contribution in [3.63, 3.8) is 0 Å². The zero-order valence-corrected chi connectivity index (χ0v) is 14.0. The average molecular weight is 336 g/mol. The second-order valence-electron chi connectivity index (χ2n) is 4.89. The van der Waals surface area contributed by atoms with Crippen LogP contribution in [-0.4, -0.2) is 25.6 Å². The summed E-state index contributed by atoms with van der Waals surface area (Å²) < 4.78 is 29.5. The highest BCUT2D eigenvalue weighted by Crippen LogP contribution is 2.20. The number of nitrogens with zero attached hydrogens (tertiary/aromatic N) is 1. The first kappa shape index (κ1) is 18.0. The van der Waals surface area contributed by atoms with E-state index in [1.54, 1.807) is 4.57 Å². The van der Waals surface area contributed by atoms with Gasteiger partial charge in [0.05, 0.1) is 6.61 Å². The zero-order chi connectivity index (χ0) is 15.9. The van der Waals surface area contributed by atoms with E-state index in [1.165, 1.54) is 12.3 Å². The van der Waals surface area contributed by atoms with Gasteiger partial charge in [0.2, 0.25) is 0 Å². The monoisotopic (exact) mass is 335 g/mol. The van der Waals surface area contributed by atoms with Crippen LogP contribution in [0.5, 0.6) is 0 Å². The second kappa shape index (κ2) is 8.44. The Hall–Kier alpha value is -1.01. The summed E-state index contributed by atoms with van der Waals surface area (Å²) in [6, 6.07) is 1.27. The molecule has 0 aliphatic heterocycles. The van der Waals surface area contributed by atoms with Crippen molar-refractivity contribution >= 4 is 25.7 Å². The number of aromatic nitrogens is 1. The van der Waals surface area contributed by atoms with Crippen LogP contribution in [0.3, 0.4) is 0 Å². The van der Waals surface area contributed by atoms with Crippen LogP contribution in [-0.2, 0) is 20.3 Å². The largest absolute Gasteiger partial charge is 0.461 e. The molecule has 5 nitrogen and oxygen atoms in total. The number of halogens is 1. The molecule has 1 heterocycles. The van der Waals surface area contributed by atoms with Gasteiger partial charge in [0.15, 0.2) is 0 Å². The predicted molar refractivity (Wildman–Crippen MR) is 82.2 cm³/mol. The molecular weight excluding hydrogens is 314 g/mol. The maximum atomic E-state index is 12.0. The van der Waals surface area contributed by atoms with Gasteiger partial charge in [-0.05, 0) is 18.9 Å². The first-order valence-corrected chi connectivity index (χ1v) is 9.53. The summed E-state index contributed by atoms with van der Waals surface area (Å²) in [7, 11) is 1.47. The van der Waals surface area contributed by atoms with Gasteiger partial charge in [0, 0.05) is 23.4 Å². The quantitative estimate of drug-likeness (QED) is 0.393. The van der Waals surface area contributed by atoms with Crippen molar-refractivity contribution in [3.8, 4) is 0 Å². The number of hydrogen-bond acceptors (Lipinski definition) is 4. The van der Waals surface area contributed by atoms with Crippen LogP contribution in [0.2, 0.25) is 0 Å². The van der Waals surface area contributed by atoms with E-state index in [2.05, 4.69) is 6.92 Å². The summed E-state index contributed by atoms with van der Waals surface area (Å²) in [6.45, 7) is 4.93. The molecule has 0 fully saturated rings. The third kappa shape index (κ3) is 5.71. The van der Waals surface area contributed by atoms with Crippen LogP contribution in [0, 0.1) is 0 Å². The van der Waals surface area contributed by atoms with Crippen molar-refractivity contribution < 1.29 is 17.9 Å². The number of esters is 1. The Morgan fingerprint density at radius 1 is 1.24 bits per heavy atom. The summed E-state index contributed by atoms with van der Waals surface area (Å²) in [5.74, 6) is -0.508. The summed E-state index contributed by atoms with van der Waals surface area (Å²) in [5.41, 5.74) is 0.228. The van der Waals surface area contributed by atoms with Crippen LogP contribution >= 0.6 is 10.7 Å². The smallest absolute Gasteiger partial charge is 0.354 e. The molecule has 0 spiro atoms. The summed E-state index contributed by atoms with van der Waals surface area (Å²) in [5, 5.41) is 0. The molecular formula is C14H22ClNO4S. The van der Waals surface area contributed by atoms with E-state index in [0.29, 0.717) is 13.2 Å². The van der Waals surface area contributed by atoms with Crippen LogP contribution in [0.15, 0.2) is 17.2 Å². The third-order valence-corrected chi connectivity index (χ3v) is 4.38. The predicted octanol–water partition coefficient (Wildman–Crippen LogP) is 3.56. The van der Waals surface area contributed by atoms with Crippen LogP contribution in [0.4, 0.5) is 0 Å². The lowest BCUT2D eigenvalue weighted by Crippen LogP contribution is -2.12. The number of aryl methyl sites for hydroxylation is 1. The molecule has 0 amide bonds. The molecule has 0 aliphatic carbocycles. The zero-order valence-electron chi connectivity index (χ0n) is 12.5. The molecule has 0 N–H and O–H groups in total. The molecule has 1 rings (SSSR count). The van der Waals surface area contributed by atoms with Gasteiger partial charge in [-0.2, -0.15) is 0 Å². The van der Waals surface area contributed by atoms with Gasteiger partial charge in [0.1, 0.15) is 10.6 Å². The number of unbranched alkanes of at least 4 members (excludes halogenated alkanes) is 3. The number of ether oxygens (including phenoxy) is 1. The molecule has 0 aromatic carbocycles. The highest BCUT2D eigenvalue weighted by molar-refractivity contribution is 8.13. The lowest BCUT2D eigenvalue weighted by Gasteiger charge is -2.07. The molecule has 0 atom stereocenters. The lowest BCUT2D eigenvalue weighted by atomic mass is 10.2. The topological polar surface area (TPSA) is 65.4 Å². The van der Waals surface area contributed by atoms with Crippen molar-refractivity contribution in [2.24, 2.45) is 0 Å². The Kier molecular flexibility index (Phi) is 7.25. The van der Waals surface area contributed by atoms with Gasteiger partial charge < -0.3 is 9.30 Å². The number of rotatable bonds is 9. The molecule has 0 bridgehead atoms. The fraction of sp³-hybridized carbons (Fsp3) is 0.643. The summed E-state index contributed by atoms with van der Waals surface area (Å²) in [6.07, 6.45) is 6.20. The highest BCUT2D eigenvalue weighted by atomic mass is 35.7. The van der Waals surface area contributed by atoms with Gasteiger partial charge in [-0.1, -0.05) is 33.1 Å². The molecule has 21 heavy (non-hydrogen) atoms. The van der Waals surface area contributed by atoms with E-state index in [-0.39, 0.29) is 10.6 Å². The van der Waals surface area contributed by atoms with Crippen LogP contribution < -0.4 is 0 Å². The van der Waals surface area contributed by atoms with E-state index < -0.39 is 15.0 Å². The SMILES string of the molecule is CCCCCCOC(=O)c1cc(S(=O)(=O)Cl)cn1CCC. The normalized spacial score (nSPS) is 11.6. The van der Waals surface area contributed by atoms with E-state index >= 15 is 0 Å². The molecule has 1 aromatic heterocycles. The minimum absolute atomic E-state index is 0.0736. The summed E-state index contributed by atoms with van der Waals surface area (Å²) in [4.78, 5) is 12.0. The number of carbonyl (C=O) groups is 1. The molecule has 0 saturated carbocycles. The Balaban J connectivity index is 2.75. The van der Waals surface area contributed by atoms with Crippen LogP contribution in [0.1, 0.15) is 56.4 Å². The van der Waals surface area contributed by atoms with Crippen molar-refractivity contribution in [1.82, 2.24) is 4.57 Å². The Morgan fingerprint density at radius 2 is 1.95 bits per heavy atom. The van der Waals surface area contributed by atoms with Crippen molar-refractivity contribution in [3.05, 3.63) is 18.0 Å². The molecule has 0 saturated heterocycles. The first-order valence-electron chi connectivity index (χ1n) is 7.22. The fourth-order valence-corrected chi connectivity index (χ4v) is 2.74. The number of hydrogen-bond donors (Lipinski definition) is 0. The minimum Gasteiger partial charge on any atom is -0.461 e. The Labute approximate surface area is 130 Å². The van der Waals surface area contributed by atoms with E-state index in [0.717, 1.165) is 32.1 Å². The molecule has 1 aromatic rings. The summed E-state index contributed by atoms with van der Waals surface area (Å²) >= 11 is 0. The van der Waals surface area contributed by atoms with E-state index in [9.17, 15) is 13.2 Å². The molecule has 0 unspecified atom stereocenters. The van der Waals surface area contributed by atoms with E-state index in [1.807, 2.05) is 6.92 Å². The van der Waals surface area contributed by atoms with Crippen molar-refractivity contribution in [2.75, 3.05) is 6.61 Å². The number of carbonyl (C=O) groups excluding carboxylic acids is 1. The minimum atomic E-state index is -3.85. The maximum absolute atomic E-state index is 12.0. The van der Waals surface area contributed by atoms with Crippen LogP contribution in [0.25, 0.3) is 0 Å². The van der Waals surface area contributed by atoms with Gasteiger partial charge in [-0.3, -0.25) is 0 Å². The Morgan fingerprint density at radius 3 is 2.52 bits per heavy atom. The van der Waals surface area contributed by atoms with Crippen molar-refractivity contribution in [2.45, 2.75) is 57.4 Å². The molecule has 120 valence electrons. The first-order chi connectivity index (χ1) is 9.90. The second-order valence-corrected chi connectivity index (χ2v) is 7.45. The Bertz CT molecular complexity index is 566. The molecule has 0 radical (unpaired) electrons. The van der Waals surface area contributed by atoms with Gasteiger partial charge in [-0.15, -0.1) is 0 Å². The maximum Gasteiger partial charge on any atom is 0.354 e. The van der Waals surface area contributed by atoms with Gasteiger partial charge in [-0.25, -0.2) is 13.2 Å². The lowest BCUT2D eigenvalue weighted by molar-refractivity contribution is 0.0485. The standard InChI is InChI=1S/C14H22ClNO4S/c1-3-5-6-7-9-20-14(17)13-10-12(21(15,18)19)11-16(13)8-4-2/h10-11H,3-9H2,1-2H3. The van der Waals surface area contributed by atoms with E-state index in [4.69, 9.17) is 15.4 Å². The van der Waals surface area contributed by atoms with Gasteiger partial charge >= 0.3 is 5.97 Å². The fourth-order valence-electron chi connectivity index (χ4n) is 1.98. The van der Waals surface area contributed by atoms with Crippen molar-refractivity contribution in [1.29, 1.82) is 0 Å². The molecule has 7 heteroatoms. The molecule has 0 aliphatic rings. The highest BCUT2D eigenvalue weighted by Gasteiger charge is 2.20. The van der Waals surface area contributed by atoms with Gasteiger partial charge in [0.25, 0.3) is 9.05 Å². The third-order valence-electron chi connectivity index (χ3n) is 3.06.